The lowest BCUT2D eigenvalue weighted by molar-refractivity contribution is -0.167. The van der Waals surface area contributed by atoms with E-state index in [1.165, 1.54) is 6.08 Å². The Morgan fingerprint density at radius 3 is 1.72 bits per heavy atom. The van der Waals surface area contributed by atoms with E-state index in [9.17, 15) is 9.59 Å². The lowest BCUT2D eigenvalue weighted by Gasteiger charge is -2.39. The second-order valence-electron chi connectivity index (χ2n) is 6.86. The highest BCUT2D eigenvalue weighted by molar-refractivity contribution is 5.86. The molecular formula is C19H30O6. The van der Waals surface area contributed by atoms with Gasteiger partial charge in [-0.1, -0.05) is 27.0 Å². The topological polar surface area (TPSA) is 71.1 Å². The smallest absolute Gasteiger partial charge is 0.333 e. The molecule has 0 radical (unpaired) electrons. The van der Waals surface area contributed by atoms with Crippen molar-refractivity contribution in [3.63, 3.8) is 0 Å². The molecule has 0 bridgehead atoms. The fourth-order valence-corrected chi connectivity index (χ4v) is 2.19. The van der Waals surface area contributed by atoms with Crippen LogP contribution in [0.25, 0.3) is 0 Å². The summed E-state index contributed by atoms with van der Waals surface area (Å²) >= 11 is 0. The molecule has 0 amide bonds. The SMILES string of the molecule is C=C(C)C(=O)OCC1(CC)COC1.C=CC(=O)OCC1(CC)COC1. The predicted molar refractivity (Wildman–Crippen MR) is 94.0 cm³/mol. The van der Waals surface area contributed by atoms with Crippen LogP contribution in [0, 0.1) is 10.8 Å². The third-order valence-electron chi connectivity index (χ3n) is 4.68. The van der Waals surface area contributed by atoms with Gasteiger partial charge < -0.3 is 18.9 Å². The first-order valence-corrected chi connectivity index (χ1v) is 8.59. The zero-order chi connectivity index (χ0) is 18.9. The van der Waals surface area contributed by atoms with Gasteiger partial charge in [0.05, 0.1) is 37.3 Å². The molecule has 6 nitrogen and oxygen atoms in total. The molecule has 0 saturated carbocycles. The van der Waals surface area contributed by atoms with Gasteiger partial charge in [-0.25, -0.2) is 9.59 Å². The highest BCUT2D eigenvalue weighted by atomic mass is 16.6. The highest BCUT2D eigenvalue weighted by Gasteiger charge is 2.38. The molecule has 2 saturated heterocycles. The van der Waals surface area contributed by atoms with Crippen LogP contribution in [0.2, 0.25) is 0 Å². The molecule has 2 fully saturated rings. The molecule has 25 heavy (non-hydrogen) atoms. The van der Waals surface area contributed by atoms with Gasteiger partial charge in [0.25, 0.3) is 0 Å². The molecule has 0 N–H and O–H groups in total. The molecule has 0 atom stereocenters. The van der Waals surface area contributed by atoms with Gasteiger partial charge in [0.2, 0.25) is 0 Å². The van der Waals surface area contributed by atoms with Crippen LogP contribution in [0.5, 0.6) is 0 Å². The summed E-state index contributed by atoms with van der Waals surface area (Å²) in [7, 11) is 0. The Bertz CT molecular complexity index is 477. The summed E-state index contributed by atoms with van der Waals surface area (Å²) < 4.78 is 20.2. The average molecular weight is 354 g/mol. The second-order valence-corrected chi connectivity index (χ2v) is 6.86. The molecule has 0 aromatic heterocycles. The van der Waals surface area contributed by atoms with Crippen molar-refractivity contribution >= 4 is 11.9 Å². The van der Waals surface area contributed by atoms with Crippen molar-refractivity contribution in [2.45, 2.75) is 33.6 Å². The van der Waals surface area contributed by atoms with Crippen molar-refractivity contribution in [1.82, 2.24) is 0 Å². The van der Waals surface area contributed by atoms with Crippen molar-refractivity contribution in [3.8, 4) is 0 Å². The van der Waals surface area contributed by atoms with Gasteiger partial charge in [-0.2, -0.15) is 0 Å². The molecule has 2 aliphatic rings. The number of carbonyl (C=O) groups is 2. The van der Waals surface area contributed by atoms with E-state index in [-0.39, 0.29) is 22.8 Å². The monoisotopic (exact) mass is 354 g/mol. The first-order chi connectivity index (χ1) is 11.8. The molecule has 0 aromatic rings. The Morgan fingerprint density at radius 2 is 1.44 bits per heavy atom. The van der Waals surface area contributed by atoms with E-state index in [0.29, 0.717) is 45.2 Å². The van der Waals surface area contributed by atoms with E-state index < -0.39 is 0 Å². The van der Waals surface area contributed by atoms with Crippen LogP contribution in [0.15, 0.2) is 24.8 Å². The fourth-order valence-electron chi connectivity index (χ4n) is 2.19. The van der Waals surface area contributed by atoms with Gasteiger partial charge in [0.15, 0.2) is 0 Å². The lowest BCUT2D eigenvalue weighted by Crippen LogP contribution is -2.46. The zero-order valence-electron chi connectivity index (χ0n) is 15.6. The van der Waals surface area contributed by atoms with Crippen molar-refractivity contribution in [1.29, 1.82) is 0 Å². The Balaban J connectivity index is 0.000000251. The number of hydrogen-bond donors (Lipinski definition) is 0. The van der Waals surface area contributed by atoms with Gasteiger partial charge in [-0.15, -0.1) is 0 Å². The summed E-state index contributed by atoms with van der Waals surface area (Å²) in [6.07, 6.45) is 3.15. The van der Waals surface area contributed by atoms with Crippen LogP contribution in [-0.2, 0) is 28.5 Å². The summed E-state index contributed by atoms with van der Waals surface area (Å²) in [6, 6.07) is 0. The van der Waals surface area contributed by atoms with E-state index in [1.54, 1.807) is 6.92 Å². The van der Waals surface area contributed by atoms with Crippen LogP contribution in [0.1, 0.15) is 33.6 Å². The summed E-state index contributed by atoms with van der Waals surface area (Å²) in [5.41, 5.74) is 0.607. The van der Waals surface area contributed by atoms with Crippen molar-refractivity contribution < 1.29 is 28.5 Å². The van der Waals surface area contributed by atoms with Crippen LogP contribution >= 0.6 is 0 Å². The maximum atomic E-state index is 11.1. The van der Waals surface area contributed by atoms with E-state index in [0.717, 1.165) is 12.8 Å². The van der Waals surface area contributed by atoms with E-state index in [1.807, 2.05) is 0 Å². The van der Waals surface area contributed by atoms with Gasteiger partial charge in [0, 0.05) is 11.6 Å². The Morgan fingerprint density at radius 1 is 1.00 bits per heavy atom. The molecule has 2 heterocycles. The summed E-state index contributed by atoms with van der Waals surface area (Å²) in [5, 5.41) is 0. The van der Waals surface area contributed by atoms with Crippen molar-refractivity contribution in [2.75, 3.05) is 39.6 Å². The first-order valence-electron chi connectivity index (χ1n) is 8.59. The van der Waals surface area contributed by atoms with E-state index in [4.69, 9.17) is 18.9 Å². The van der Waals surface area contributed by atoms with Gasteiger partial charge >= 0.3 is 11.9 Å². The third-order valence-corrected chi connectivity index (χ3v) is 4.68. The number of esters is 2. The van der Waals surface area contributed by atoms with Gasteiger partial charge in [-0.3, -0.25) is 0 Å². The maximum absolute atomic E-state index is 11.1. The standard InChI is InChI=1S/C10H16O3.C9H14O3/c1-4-10(5-12-6-10)7-13-9(11)8(2)3;1-3-8(10)12-7-9(4-2)5-11-6-9/h2,4-7H2,1,3H3;3H,1,4-7H2,2H3. The largest absolute Gasteiger partial charge is 0.462 e. The Hall–Kier alpha value is -1.66. The molecule has 0 aliphatic carbocycles. The average Bonchev–Trinajstić information content (AvgIpc) is 2.53. The number of rotatable bonds is 8. The normalized spacial score (nSPS) is 19.2. The van der Waals surface area contributed by atoms with Crippen LogP contribution < -0.4 is 0 Å². The van der Waals surface area contributed by atoms with Gasteiger partial charge in [0.1, 0.15) is 13.2 Å². The van der Waals surface area contributed by atoms with Crippen molar-refractivity contribution in [3.05, 3.63) is 24.8 Å². The minimum atomic E-state index is -0.352. The molecular weight excluding hydrogens is 324 g/mol. The molecule has 2 aliphatic heterocycles. The lowest BCUT2D eigenvalue weighted by atomic mass is 9.84. The number of hydrogen-bond acceptors (Lipinski definition) is 6. The number of carbonyl (C=O) groups excluding carboxylic acids is 2. The Labute approximate surface area is 150 Å². The molecule has 0 unspecified atom stereocenters. The second kappa shape index (κ2) is 9.73. The Kier molecular flexibility index (Phi) is 8.32. The quantitative estimate of drug-likeness (QED) is 0.493. The maximum Gasteiger partial charge on any atom is 0.333 e. The van der Waals surface area contributed by atoms with Crippen LogP contribution in [-0.4, -0.2) is 51.6 Å². The molecule has 2 rings (SSSR count). The minimum absolute atomic E-state index is 0.0745. The molecule has 0 spiro atoms. The fraction of sp³-hybridized carbons (Fsp3) is 0.684. The summed E-state index contributed by atoms with van der Waals surface area (Å²) in [5.74, 6) is -0.658. The van der Waals surface area contributed by atoms with Crippen molar-refractivity contribution in [2.24, 2.45) is 10.8 Å². The van der Waals surface area contributed by atoms with Crippen LogP contribution in [0.3, 0.4) is 0 Å². The predicted octanol–water partition coefficient (Wildman–Crippen LogP) is 2.67. The summed E-state index contributed by atoms with van der Waals surface area (Å²) in [4.78, 5) is 21.8. The van der Waals surface area contributed by atoms with E-state index >= 15 is 0 Å². The summed E-state index contributed by atoms with van der Waals surface area (Å²) in [6.45, 7) is 16.4. The van der Waals surface area contributed by atoms with E-state index in [2.05, 4.69) is 27.0 Å². The first kappa shape index (κ1) is 21.4. The zero-order valence-corrected chi connectivity index (χ0v) is 15.6. The molecule has 142 valence electrons. The molecule has 0 aromatic carbocycles. The number of ether oxygens (including phenoxy) is 4. The minimum Gasteiger partial charge on any atom is -0.462 e. The third kappa shape index (κ3) is 6.29. The molecule has 6 heteroatoms. The van der Waals surface area contributed by atoms with Crippen LogP contribution in [0.4, 0.5) is 0 Å². The van der Waals surface area contributed by atoms with Gasteiger partial charge in [-0.05, 0) is 19.8 Å². The highest BCUT2D eigenvalue weighted by Crippen LogP contribution is 2.32.